The van der Waals surface area contributed by atoms with Crippen LogP contribution in [0.2, 0.25) is 0 Å². The number of likely N-dealkylation sites (tertiary alicyclic amines) is 1. The maximum atomic E-state index is 13.7. The molecule has 4 atom stereocenters. The van der Waals surface area contributed by atoms with Crippen LogP contribution in [-0.2, 0) is 22.6 Å². The van der Waals surface area contributed by atoms with E-state index in [1.165, 1.54) is 21.6 Å². The van der Waals surface area contributed by atoms with Crippen LogP contribution in [0.15, 0.2) is 54.6 Å². The number of amides is 4. The predicted octanol–water partition coefficient (Wildman–Crippen LogP) is 2.04. The van der Waals surface area contributed by atoms with Gasteiger partial charge in [0.15, 0.2) is 6.10 Å². The highest BCUT2D eigenvalue weighted by atomic mass is 32.2. The van der Waals surface area contributed by atoms with Crippen LogP contribution >= 0.6 is 11.8 Å². The maximum Gasteiger partial charge on any atom is 0.317 e. The number of thioether (sulfide) groups is 1. The Bertz CT molecular complexity index is 1180. The molecule has 0 spiro atoms. The summed E-state index contributed by atoms with van der Waals surface area (Å²) in [4.78, 5) is 43.0. The number of β-amino-alcohol motifs (C(OH)–C–C–N with tert-alkyl or cyclic N) is 1. The van der Waals surface area contributed by atoms with Crippen molar-refractivity contribution in [2.75, 3.05) is 19.0 Å². The number of benzene rings is 2. The van der Waals surface area contributed by atoms with E-state index >= 15 is 0 Å². The average Bonchev–Trinajstić information content (AvgIpc) is 3.49. The Morgan fingerprint density at radius 3 is 2.46 bits per heavy atom. The number of carbonyl (C=O) groups is 3. The van der Waals surface area contributed by atoms with Crippen molar-refractivity contribution >= 4 is 29.6 Å². The summed E-state index contributed by atoms with van der Waals surface area (Å²) in [5.41, 5.74) is 2.90. The van der Waals surface area contributed by atoms with Crippen molar-refractivity contribution < 1.29 is 24.6 Å². The molecule has 2 heterocycles. The van der Waals surface area contributed by atoms with Gasteiger partial charge in [0.25, 0.3) is 5.91 Å². The molecule has 4 N–H and O–H groups in total. The first-order valence-corrected chi connectivity index (χ1v) is 14.3. The minimum absolute atomic E-state index is 0.202. The van der Waals surface area contributed by atoms with Crippen LogP contribution in [-0.4, -0.2) is 85.9 Å². The third-order valence-corrected chi connectivity index (χ3v) is 8.86. The van der Waals surface area contributed by atoms with Gasteiger partial charge in [-0.1, -0.05) is 54.6 Å². The molecule has 4 rings (SSSR count). The summed E-state index contributed by atoms with van der Waals surface area (Å²) in [6.07, 6.45) is -1.44. The lowest BCUT2D eigenvalue weighted by Crippen LogP contribution is -2.59. The smallest absolute Gasteiger partial charge is 0.317 e. The first-order chi connectivity index (χ1) is 18.6. The fourth-order valence-corrected chi connectivity index (χ4v) is 6.27. The first-order valence-electron chi connectivity index (χ1n) is 13.3. The van der Waals surface area contributed by atoms with E-state index < -0.39 is 41.0 Å². The van der Waals surface area contributed by atoms with Gasteiger partial charge in [-0.15, -0.1) is 11.8 Å². The summed E-state index contributed by atoms with van der Waals surface area (Å²) >= 11 is 1.47. The molecule has 2 aliphatic heterocycles. The number of hydrogen-bond acceptors (Lipinski definition) is 6. The van der Waals surface area contributed by atoms with Gasteiger partial charge < -0.3 is 30.6 Å². The lowest BCUT2D eigenvalue weighted by molar-refractivity contribution is -0.147. The minimum Gasteiger partial charge on any atom is -0.391 e. The lowest BCUT2D eigenvalue weighted by Gasteiger charge is -2.33. The highest BCUT2D eigenvalue weighted by Crippen LogP contribution is 2.40. The number of rotatable bonds is 8. The van der Waals surface area contributed by atoms with Crippen LogP contribution in [0.1, 0.15) is 37.0 Å². The van der Waals surface area contributed by atoms with E-state index in [1.54, 1.807) is 0 Å². The summed E-state index contributed by atoms with van der Waals surface area (Å²) in [6.45, 7) is 6.74. The van der Waals surface area contributed by atoms with Crippen molar-refractivity contribution in [2.45, 2.75) is 69.2 Å². The molecule has 0 bridgehead atoms. The van der Waals surface area contributed by atoms with Crippen LogP contribution in [0, 0.1) is 6.92 Å². The van der Waals surface area contributed by atoms with Crippen molar-refractivity contribution in [3.05, 3.63) is 71.3 Å². The molecule has 4 amide bonds. The SMILES string of the molecule is Cc1ccccc1CNC(=O)[C@H]1N(C(=O)[C@@H](O)[C@H](Cc2ccccc2)NC(=O)N2CC[C@@H](O)C2)CSC1(C)C. The summed E-state index contributed by atoms with van der Waals surface area (Å²) in [5, 5.41) is 27.0. The van der Waals surface area contributed by atoms with E-state index in [9.17, 15) is 24.6 Å². The van der Waals surface area contributed by atoms with Gasteiger partial charge in [-0.3, -0.25) is 9.59 Å². The van der Waals surface area contributed by atoms with Gasteiger partial charge in [0.1, 0.15) is 6.04 Å². The van der Waals surface area contributed by atoms with Gasteiger partial charge in [0.2, 0.25) is 5.91 Å². The van der Waals surface area contributed by atoms with Crippen molar-refractivity contribution in [3.8, 4) is 0 Å². The number of carbonyl (C=O) groups excluding carboxylic acids is 3. The second kappa shape index (κ2) is 12.4. The fraction of sp³-hybridized carbons (Fsp3) is 0.483. The molecule has 0 unspecified atom stereocenters. The lowest BCUT2D eigenvalue weighted by atomic mass is 9.97. The van der Waals surface area contributed by atoms with Crippen molar-refractivity contribution in [3.63, 3.8) is 0 Å². The standard InChI is InChI=1S/C29H38N4O5S/c1-19-9-7-8-12-21(19)16-30-26(36)25-29(2,3)39-18-33(25)27(37)24(35)23(15-20-10-5-4-6-11-20)31-28(38)32-14-13-22(34)17-32/h4-12,22-25,34-35H,13-18H2,1-3H3,(H,30,36)(H,31,38)/t22-,23+,24+,25-/m1/s1. The van der Waals surface area contributed by atoms with Crippen molar-refractivity contribution in [1.29, 1.82) is 0 Å². The van der Waals surface area contributed by atoms with Gasteiger partial charge in [-0.2, -0.15) is 0 Å². The fourth-order valence-electron chi connectivity index (χ4n) is 5.13. The molecule has 2 saturated heterocycles. The van der Waals surface area contributed by atoms with Crippen molar-refractivity contribution in [1.82, 2.24) is 20.4 Å². The molecule has 0 radical (unpaired) electrons. The summed E-state index contributed by atoms with van der Waals surface area (Å²) < 4.78 is -0.574. The number of nitrogens with one attached hydrogen (secondary N) is 2. The Hall–Kier alpha value is -3.08. The Morgan fingerprint density at radius 1 is 1.10 bits per heavy atom. The van der Waals surface area contributed by atoms with Gasteiger partial charge in [0.05, 0.1) is 18.0 Å². The second-order valence-electron chi connectivity index (χ2n) is 10.8. The van der Waals surface area contributed by atoms with E-state index in [0.29, 0.717) is 19.5 Å². The molecule has 2 aliphatic rings. The number of aliphatic hydroxyl groups is 2. The number of aryl methyl sites for hydroxylation is 1. The second-order valence-corrected chi connectivity index (χ2v) is 12.4. The largest absolute Gasteiger partial charge is 0.391 e. The molecule has 2 fully saturated rings. The summed E-state index contributed by atoms with van der Waals surface area (Å²) in [7, 11) is 0. The van der Waals surface area contributed by atoms with E-state index in [-0.39, 0.29) is 24.7 Å². The molecule has 0 aromatic heterocycles. The Morgan fingerprint density at radius 2 is 1.79 bits per heavy atom. The molecule has 39 heavy (non-hydrogen) atoms. The van der Waals surface area contributed by atoms with Crippen LogP contribution in [0.25, 0.3) is 0 Å². The summed E-state index contributed by atoms with van der Waals surface area (Å²) in [6, 6.07) is 14.9. The molecular weight excluding hydrogens is 516 g/mol. The number of hydrogen-bond donors (Lipinski definition) is 4. The van der Waals surface area contributed by atoms with E-state index in [1.807, 2.05) is 75.4 Å². The van der Waals surface area contributed by atoms with Gasteiger partial charge in [-0.05, 0) is 50.3 Å². The third kappa shape index (κ3) is 6.93. The van der Waals surface area contributed by atoms with Gasteiger partial charge >= 0.3 is 6.03 Å². The number of aliphatic hydroxyl groups excluding tert-OH is 2. The Balaban J connectivity index is 1.50. The van der Waals surface area contributed by atoms with Crippen LogP contribution in [0.3, 0.4) is 0 Å². The molecular formula is C29H38N4O5S. The average molecular weight is 555 g/mol. The molecule has 0 saturated carbocycles. The van der Waals surface area contributed by atoms with E-state index in [2.05, 4.69) is 10.6 Å². The molecule has 2 aromatic carbocycles. The molecule has 2 aromatic rings. The van der Waals surface area contributed by atoms with Crippen LogP contribution < -0.4 is 10.6 Å². The zero-order chi connectivity index (χ0) is 28.2. The van der Waals surface area contributed by atoms with Crippen molar-refractivity contribution in [2.24, 2.45) is 0 Å². The quantitative estimate of drug-likeness (QED) is 0.396. The number of nitrogens with zero attached hydrogens (tertiary/aromatic N) is 2. The topological polar surface area (TPSA) is 122 Å². The molecule has 210 valence electrons. The first kappa shape index (κ1) is 28.9. The zero-order valence-corrected chi connectivity index (χ0v) is 23.5. The van der Waals surface area contributed by atoms with Gasteiger partial charge in [-0.25, -0.2) is 4.79 Å². The minimum atomic E-state index is -1.57. The normalized spacial score (nSPS) is 21.9. The summed E-state index contributed by atoms with van der Waals surface area (Å²) in [5.74, 6) is -0.648. The van der Waals surface area contributed by atoms with Crippen LogP contribution in [0.4, 0.5) is 4.79 Å². The molecule has 10 heteroatoms. The molecule has 9 nitrogen and oxygen atoms in total. The number of urea groups is 1. The Labute approximate surface area is 233 Å². The van der Waals surface area contributed by atoms with E-state index in [4.69, 9.17) is 0 Å². The third-order valence-electron chi connectivity index (χ3n) is 7.48. The monoisotopic (exact) mass is 554 g/mol. The van der Waals surface area contributed by atoms with E-state index in [0.717, 1.165) is 16.7 Å². The highest BCUT2D eigenvalue weighted by Gasteiger charge is 2.49. The molecule has 0 aliphatic carbocycles. The zero-order valence-electron chi connectivity index (χ0n) is 22.7. The van der Waals surface area contributed by atoms with Gasteiger partial charge in [0, 0.05) is 24.4 Å². The van der Waals surface area contributed by atoms with Crippen LogP contribution in [0.5, 0.6) is 0 Å². The Kier molecular flexibility index (Phi) is 9.19. The maximum absolute atomic E-state index is 13.7. The predicted molar refractivity (Wildman–Crippen MR) is 151 cm³/mol. The highest BCUT2D eigenvalue weighted by molar-refractivity contribution is 8.00.